The molecule has 0 aliphatic carbocycles. The van der Waals surface area contributed by atoms with Crippen LogP contribution in [0.1, 0.15) is 21.0 Å². The quantitative estimate of drug-likeness (QED) is 0.289. The molecule has 0 spiro atoms. The molecule has 0 radical (unpaired) electrons. The third kappa shape index (κ3) is 4.14. The maximum Gasteiger partial charge on any atom is 0.358 e. The Morgan fingerprint density at radius 3 is 1.44 bits per heavy atom. The van der Waals surface area contributed by atoms with Crippen LogP contribution in [-0.2, 0) is 9.47 Å². The Morgan fingerprint density at radius 2 is 1.09 bits per heavy atom. The van der Waals surface area contributed by atoms with Crippen LogP contribution < -0.4 is 0 Å². The minimum absolute atomic E-state index is 0.0620. The van der Waals surface area contributed by atoms with Crippen LogP contribution in [0.5, 0.6) is 0 Å². The van der Waals surface area contributed by atoms with Gasteiger partial charge in [0, 0.05) is 11.1 Å². The smallest absolute Gasteiger partial charge is 0.358 e. The van der Waals surface area contributed by atoms with Gasteiger partial charge in [-0.05, 0) is 12.1 Å². The van der Waals surface area contributed by atoms with Crippen LogP contribution in [0.2, 0.25) is 10.0 Å². The molecule has 0 aliphatic heterocycles. The fraction of sp³-hybridized carbons (Fsp3) is 0.0909. The topological polar surface area (TPSA) is 78.4 Å². The minimum atomic E-state index is -0.641. The second-order valence-corrected chi connectivity index (χ2v) is 9.15. The SMILES string of the molecule is COC(=O)c1nc(-c2ccccc2Cl)sc1-c1sc(-c2ccccc2Cl)nc1C(=O)OC. The number of halogens is 2. The Bertz CT molecular complexity index is 1230. The van der Waals surface area contributed by atoms with Gasteiger partial charge in [-0.15, -0.1) is 22.7 Å². The van der Waals surface area contributed by atoms with E-state index in [4.69, 9.17) is 32.7 Å². The summed E-state index contributed by atoms with van der Waals surface area (Å²) < 4.78 is 9.87. The summed E-state index contributed by atoms with van der Waals surface area (Å²) in [4.78, 5) is 34.9. The zero-order valence-corrected chi connectivity index (χ0v) is 19.9. The largest absolute Gasteiger partial charge is 0.464 e. The van der Waals surface area contributed by atoms with E-state index in [9.17, 15) is 9.59 Å². The van der Waals surface area contributed by atoms with Crippen molar-refractivity contribution in [3.05, 3.63) is 70.0 Å². The average Bonchev–Trinajstić information content (AvgIpc) is 3.43. The number of thiazole rings is 2. The molecule has 2 heterocycles. The number of aromatic nitrogens is 2. The third-order valence-corrected chi connectivity index (χ3v) is 7.43. The van der Waals surface area contributed by atoms with Crippen LogP contribution in [0, 0.1) is 0 Å². The van der Waals surface area contributed by atoms with E-state index >= 15 is 0 Å². The zero-order chi connectivity index (χ0) is 22.8. The van der Waals surface area contributed by atoms with Crippen molar-refractivity contribution >= 4 is 57.8 Å². The first-order valence-electron chi connectivity index (χ1n) is 9.13. The van der Waals surface area contributed by atoms with Gasteiger partial charge < -0.3 is 9.47 Å². The molecule has 0 unspecified atom stereocenters. The van der Waals surface area contributed by atoms with Crippen molar-refractivity contribution in [2.75, 3.05) is 14.2 Å². The van der Waals surface area contributed by atoms with Crippen LogP contribution in [0.15, 0.2) is 48.5 Å². The first-order chi connectivity index (χ1) is 15.4. The molecule has 0 bridgehead atoms. The van der Waals surface area contributed by atoms with Gasteiger partial charge in [0.2, 0.25) is 0 Å². The van der Waals surface area contributed by atoms with Gasteiger partial charge in [-0.3, -0.25) is 0 Å². The number of rotatable bonds is 5. The summed E-state index contributed by atoms with van der Waals surface area (Å²) in [6, 6.07) is 14.3. The third-order valence-electron chi connectivity index (χ3n) is 4.43. The number of carbonyl (C=O) groups is 2. The fourth-order valence-electron chi connectivity index (χ4n) is 2.92. The molecule has 2 aromatic heterocycles. The lowest BCUT2D eigenvalue weighted by Gasteiger charge is -2.00. The number of benzene rings is 2. The Morgan fingerprint density at radius 1 is 0.719 bits per heavy atom. The lowest BCUT2D eigenvalue weighted by molar-refractivity contribution is 0.0584. The molecule has 0 saturated heterocycles. The van der Waals surface area contributed by atoms with E-state index in [1.54, 1.807) is 36.4 Å². The number of esters is 2. The first-order valence-corrected chi connectivity index (χ1v) is 11.5. The summed E-state index contributed by atoms with van der Waals surface area (Å²) in [6.45, 7) is 0. The van der Waals surface area contributed by atoms with Crippen LogP contribution in [0.25, 0.3) is 30.9 Å². The zero-order valence-electron chi connectivity index (χ0n) is 16.7. The predicted octanol–water partition coefficient (Wildman–Crippen LogP) is 6.48. The van der Waals surface area contributed by atoms with E-state index in [1.807, 2.05) is 12.1 Å². The van der Waals surface area contributed by atoms with E-state index in [-0.39, 0.29) is 11.4 Å². The van der Waals surface area contributed by atoms with E-state index < -0.39 is 11.9 Å². The summed E-state index contributed by atoms with van der Waals surface area (Å²) in [5.74, 6) is -1.28. The van der Waals surface area contributed by atoms with Crippen LogP contribution in [-0.4, -0.2) is 36.1 Å². The summed E-state index contributed by atoms with van der Waals surface area (Å²) in [6.07, 6.45) is 0. The Hall–Kier alpha value is -2.78. The predicted molar refractivity (Wildman–Crippen MR) is 127 cm³/mol. The van der Waals surface area contributed by atoms with Gasteiger partial charge in [-0.2, -0.15) is 0 Å². The summed E-state index contributed by atoms with van der Waals surface area (Å²) in [5.41, 5.74) is 1.44. The van der Waals surface area contributed by atoms with E-state index in [0.717, 1.165) is 0 Å². The normalized spacial score (nSPS) is 10.8. The van der Waals surface area contributed by atoms with Gasteiger partial charge in [0.15, 0.2) is 11.4 Å². The number of nitrogens with zero attached hydrogens (tertiary/aromatic N) is 2. The molecule has 0 N–H and O–H groups in total. The number of carbonyl (C=O) groups excluding carboxylic acids is 2. The number of ether oxygens (including phenoxy) is 2. The van der Waals surface area contributed by atoms with Gasteiger partial charge in [-0.25, -0.2) is 19.6 Å². The van der Waals surface area contributed by atoms with Gasteiger partial charge in [0.05, 0.1) is 34.0 Å². The maximum atomic E-state index is 12.6. The van der Waals surface area contributed by atoms with Crippen LogP contribution in [0.4, 0.5) is 0 Å². The highest BCUT2D eigenvalue weighted by molar-refractivity contribution is 7.25. The fourth-order valence-corrected chi connectivity index (χ4v) is 5.80. The van der Waals surface area contributed by atoms with Crippen molar-refractivity contribution in [1.82, 2.24) is 9.97 Å². The highest BCUT2D eigenvalue weighted by Crippen LogP contribution is 2.44. The Labute approximate surface area is 201 Å². The standard InChI is InChI=1S/C22H14Cl2N2O4S2/c1-29-21(27)15-17(31-19(25-15)11-7-3-5-9-13(11)23)18-16(22(28)30-2)26-20(32-18)12-8-4-6-10-14(12)24/h3-10H,1-2H3. The van der Waals surface area contributed by atoms with Crippen molar-refractivity contribution in [1.29, 1.82) is 0 Å². The van der Waals surface area contributed by atoms with Gasteiger partial charge >= 0.3 is 11.9 Å². The summed E-state index contributed by atoms with van der Waals surface area (Å²) in [5, 5.41) is 1.99. The van der Waals surface area contributed by atoms with Gasteiger partial charge in [0.1, 0.15) is 10.0 Å². The number of methoxy groups -OCH3 is 2. The van der Waals surface area contributed by atoms with Crippen molar-refractivity contribution in [3.8, 4) is 30.9 Å². The Balaban J connectivity index is 1.96. The summed E-state index contributed by atoms with van der Waals surface area (Å²) >= 11 is 15.1. The molecule has 0 amide bonds. The lowest BCUT2D eigenvalue weighted by Crippen LogP contribution is -2.06. The lowest BCUT2D eigenvalue weighted by atomic mass is 10.2. The second kappa shape index (κ2) is 9.38. The molecule has 2 aromatic carbocycles. The van der Waals surface area contributed by atoms with Gasteiger partial charge in [0.25, 0.3) is 0 Å². The molecule has 32 heavy (non-hydrogen) atoms. The molecule has 0 atom stereocenters. The van der Waals surface area contributed by atoms with Gasteiger partial charge in [-0.1, -0.05) is 59.6 Å². The molecule has 0 fully saturated rings. The second-order valence-electron chi connectivity index (χ2n) is 6.34. The molecule has 162 valence electrons. The van der Waals surface area contributed by atoms with Crippen LogP contribution in [0.3, 0.4) is 0 Å². The molecule has 0 saturated carbocycles. The molecule has 4 aromatic rings. The molecule has 10 heteroatoms. The average molecular weight is 505 g/mol. The Kier molecular flexibility index (Phi) is 6.57. The monoisotopic (exact) mass is 504 g/mol. The van der Waals surface area contributed by atoms with Crippen LogP contribution >= 0.6 is 45.9 Å². The van der Waals surface area contributed by atoms with E-state index in [1.165, 1.54) is 36.9 Å². The number of hydrogen-bond donors (Lipinski definition) is 0. The number of hydrogen-bond acceptors (Lipinski definition) is 8. The molecular weight excluding hydrogens is 491 g/mol. The highest BCUT2D eigenvalue weighted by Gasteiger charge is 2.29. The molecule has 0 aliphatic rings. The highest BCUT2D eigenvalue weighted by atomic mass is 35.5. The maximum absolute atomic E-state index is 12.6. The summed E-state index contributed by atoms with van der Waals surface area (Å²) in [7, 11) is 2.54. The van der Waals surface area contributed by atoms with Crippen molar-refractivity contribution in [2.24, 2.45) is 0 Å². The van der Waals surface area contributed by atoms with Crippen molar-refractivity contribution in [2.45, 2.75) is 0 Å². The minimum Gasteiger partial charge on any atom is -0.464 e. The van der Waals surface area contributed by atoms with E-state index in [0.29, 0.717) is 40.9 Å². The molecule has 4 rings (SSSR count). The molecule has 6 nitrogen and oxygen atoms in total. The molecular formula is C22H14Cl2N2O4S2. The van der Waals surface area contributed by atoms with E-state index in [2.05, 4.69) is 9.97 Å². The van der Waals surface area contributed by atoms with Crippen molar-refractivity contribution in [3.63, 3.8) is 0 Å². The van der Waals surface area contributed by atoms with Crippen molar-refractivity contribution < 1.29 is 19.1 Å². The first kappa shape index (κ1) is 22.4.